The molecule has 0 saturated carbocycles. The highest BCUT2D eigenvalue weighted by molar-refractivity contribution is 5.44. The first-order valence-electron chi connectivity index (χ1n) is 5.58. The first kappa shape index (κ1) is 12.0. The van der Waals surface area contributed by atoms with Crippen LogP contribution in [0.4, 0.5) is 0 Å². The molecular formula is C15H13NO2. The Hall–Kier alpha value is -2.47. The van der Waals surface area contributed by atoms with Gasteiger partial charge in [0.1, 0.15) is 17.2 Å². The summed E-state index contributed by atoms with van der Waals surface area (Å²) >= 11 is 0. The number of hydrogen-bond donors (Lipinski definition) is 1. The van der Waals surface area contributed by atoms with Crippen LogP contribution in [-0.2, 0) is 0 Å². The van der Waals surface area contributed by atoms with Gasteiger partial charge in [-0.15, -0.1) is 0 Å². The molecule has 0 aliphatic carbocycles. The smallest absolute Gasteiger partial charge is 0.131 e. The molecule has 0 aromatic heterocycles. The number of rotatable bonds is 2. The summed E-state index contributed by atoms with van der Waals surface area (Å²) in [6, 6.07) is 12.4. The van der Waals surface area contributed by atoms with Gasteiger partial charge < -0.3 is 9.84 Å². The summed E-state index contributed by atoms with van der Waals surface area (Å²) in [5.74, 6) is 1.41. The summed E-state index contributed by atoms with van der Waals surface area (Å²) in [5, 5.41) is 18.3. The standard InChI is InChI=1S/C15H13NO2/c1-10-5-13(17)8-15(6-10)18-14-4-3-12(9-16)11(2)7-14/h3-8,17H,1-2H3. The van der Waals surface area contributed by atoms with E-state index in [9.17, 15) is 5.11 Å². The van der Waals surface area contributed by atoms with Crippen LogP contribution in [0.15, 0.2) is 36.4 Å². The molecule has 0 fully saturated rings. The van der Waals surface area contributed by atoms with E-state index in [0.717, 1.165) is 11.1 Å². The number of benzene rings is 2. The summed E-state index contributed by atoms with van der Waals surface area (Å²) in [7, 11) is 0. The van der Waals surface area contributed by atoms with Crippen molar-refractivity contribution in [1.82, 2.24) is 0 Å². The second-order valence-electron chi connectivity index (χ2n) is 4.19. The fourth-order valence-corrected chi connectivity index (χ4v) is 1.75. The molecule has 3 heteroatoms. The number of phenols is 1. The SMILES string of the molecule is Cc1cc(O)cc(Oc2ccc(C#N)c(C)c2)c1. The molecule has 0 heterocycles. The van der Waals surface area contributed by atoms with Crippen LogP contribution in [0.1, 0.15) is 16.7 Å². The highest BCUT2D eigenvalue weighted by atomic mass is 16.5. The normalized spacial score (nSPS) is 9.83. The lowest BCUT2D eigenvalue weighted by Crippen LogP contribution is -1.88. The highest BCUT2D eigenvalue weighted by Gasteiger charge is 2.03. The third-order valence-corrected chi connectivity index (χ3v) is 2.59. The molecule has 0 aliphatic rings. The Morgan fingerprint density at radius 1 is 1.06 bits per heavy atom. The van der Waals surface area contributed by atoms with Crippen molar-refractivity contribution in [2.24, 2.45) is 0 Å². The van der Waals surface area contributed by atoms with Gasteiger partial charge in [-0.2, -0.15) is 5.26 Å². The van der Waals surface area contributed by atoms with Gasteiger partial charge in [-0.05, 0) is 55.3 Å². The molecule has 0 spiro atoms. The van der Waals surface area contributed by atoms with E-state index in [1.807, 2.05) is 19.9 Å². The lowest BCUT2D eigenvalue weighted by atomic mass is 10.1. The van der Waals surface area contributed by atoms with E-state index < -0.39 is 0 Å². The number of nitriles is 1. The Morgan fingerprint density at radius 3 is 2.44 bits per heavy atom. The second-order valence-corrected chi connectivity index (χ2v) is 4.19. The van der Waals surface area contributed by atoms with Crippen LogP contribution >= 0.6 is 0 Å². The maximum atomic E-state index is 9.49. The minimum absolute atomic E-state index is 0.176. The van der Waals surface area contributed by atoms with Crippen LogP contribution in [0, 0.1) is 25.2 Å². The van der Waals surface area contributed by atoms with E-state index in [4.69, 9.17) is 10.00 Å². The van der Waals surface area contributed by atoms with Crippen LogP contribution < -0.4 is 4.74 Å². The average molecular weight is 239 g/mol. The molecule has 0 aliphatic heterocycles. The minimum Gasteiger partial charge on any atom is -0.508 e. The van der Waals surface area contributed by atoms with Crippen molar-refractivity contribution >= 4 is 0 Å². The van der Waals surface area contributed by atoms with E-state index in [2.05, 4.69) is 6.07 Å². The number of aryl methyl sites for hydroxylation is 2. The zero-order valence-electron chi connectivity index (χ0n) is 10.3. The Balaban J connectivity index is 2.29. The molecule has 0 radical (unpaired) electrons. The zero-order valence-corrected chi connectivity index (χ0v) is 10.3. The molecule has 2 rings (SSSR count). The molecule has 2 aromatic carbocycles. The van der Waals surface area contributed by atoms with Gasteiger partial charge in [-0.25, -0.2) is 0 Å². The topological polar surface area (TPSA) is 53.2 Å². The van der Waals surface area contributed by atoms with Crippen molar-refractivity contribution in [1.29, 1.82) is 5.26 Å². The molecule has 0 atom stereocenters. The highest BCUT2D eigenvalue weighted by Crippen LogP contribution is 2.27. The molecular weight excluding hydrogens is 226 g/mol. The summed E-state index contributed by atoms with van der Waals surface area (Å²) in [4.78, 5) is 0. The van der Waals surface area contributed by atoms with E-state index >= 15 is 0 Å². The molecule has 0 bridgehead atoms. The molecule has 3 nitrogen and oxygen atoms in total. The third-order valence-electron chi connectivity index (χ3n) is 2.59. The van der Waals surface area contributed by atoms with Crippen LogP contribution in [0.25, 0.3) is 0 Å². The molecule has 0 saturated heterocycles. The molecule has 90 valence electrons. The Morgan fingerprint density at radius 2 is 1.83 bits per heavy atom. The Kier molecular flexibility index (Phi) is 3.20. The molecule has 0 amide bonds. The van der Waals surface area contributed by atoms with Crippen molar-refractivity contribution in [3.63, 3.8) is 0 Å². The van der Waals surface area contributed by atoms with Gasteiger partial charge in [0.15, 0.2) is 0 Å². The fourth-order valence-electron chi connectivity index (χ4n) is 1.75. The maximum absolute atomic E-state index is 9.49. The maximum Gasteiger partial charge on any atom is 0.131 e. The van der Waals surface area contributed by atoms with E-state index in [0.29, 0.717) is 17.1 Å². The quantitative estimate of drug-likeness (QED) is 0.869. The number of ether oxygens (including phenoxy) is 1. The monoisotopic (exact) mass is 239 g/mol. The van der Waals surface area contributed by atoms with Crippen molar-refractivity contribution in [3.05, 3.63) is 53.1 Å². The lowest BCUT2D eigenvalue weighted by molar-refractivity contribution is 0.454. The van der Waals surface area contributed by atoms with Gasteiger partial charge >= 0.3 is 0 Å². The second kappa shape index (κ2) is 4.80. The minimum atomic E-state index is 0.176. The van der Waals surface area contributed by atoms with Crippen LogP contribution in [0.5, 0.6) is 17.2 Å². The third kappa shape index (κ3) is 2.61. The zero-order chi connectivity index (χ0) is 13.1. The number of hydrogen-bond acceptors (Lipinski definition) is 3. The Bertz CT molecular complexity index is 607. The summed E-state index contributed by atoms with van der Waals surface area (Å²) in [6.45, 7) is 3.75. The van der Waals surface area contributed by atoms with Gasteiger partial charge in [0.2, 0.25) is 0 Å². The predicted octanol–water partition coefficient (Wildman–Crippen LogP) is 3.67. The van der Waals surface area contributed by atoms with Crippen molar-refractivity contribution < 1.29 is 9.84 Å². The van der Waals surface area contributed by atoms with Crippen molar-refractivity contribution in [3.8, 4) is 23.3 Å². The van der Waals surface area contributed by atoms with Gasteiger partial charge in [0, 0.05) is 6.07 Å². The van der Waals surface area contributed by atoms with Crippen molar-refractivity contribution in [2.75, 3.05) is 0 Å². The van der Waals surface area contributed by atoms with Crippen molar-refractivity contribution in [2.45, 2.75) is 13.8 Å². The average Bonchev–Trinajstić information content (AvgIpc) is 2.27. The van der Waals surface area contributed by atoms with Crippen LogP contribution in [0.3, 0.4) is 0 Å². The lowest BCUT2D eigenvalue weighted by Gasteiger charge is -2.08. The van der Waals surface area contributed by atoms with Gasteiger partial charge in [0.25, 0.3) is 0 Å². The van der Waals surface area contributed by atoms with Gasteiger partial charge in [-0.1, -0.05) is 0 Å². The van der Waals surface area contributed by atoms with Crippen LogP contribution in [-0.4, -0.2) is 5.11 Å². The molecule has 1 N–H and O–H groups in total. The summed E-state index contributed by atoms with van der Waals surface area (Å²) < 4.78 is 5.65. The first-order valence-corrected chi connectivity index (χ1v) is 5.58. The predicted molar refractivity (Wildman–Crippen MR) is 68.8 cm³/mol. The van der Waals surface area contributed by atoms with E-state index in [1.54, 1.807) is 30.3 Å². The van der Waals surface area contributed by atoms with Gasteiger partial charge in [-0.3, -0.25) is 0 Å². The number of aromatic hydroxyl groups is 1. The molecule has 2 aromatic rings. The van der Waals surface area contributed by atoms with Crippen LogP contribution in [0.2, 0.25) is 0 Å². The Labute approximate surface area is 106 Å². The van der Waals surface area contributed by atoms with E-state index in [1.165, 1.54) is 0 Å². The fraction of sp³-hybridized carbons (Fsp3) is 0.133. The summed E-state index contributed by atoms with van der Waals surface area (Å²) in [5.41, 5.74) is 2.43. The number of nitrogens with zero attached hydrogens (tertiary/aromatic N) is 1. The first-order chi connectivity index (χ1) is 8.58. The number of phenolic OH excluding ortho intramolecular Hbond substituents is 1. The summed E-state index contributed by atoms with van der Waals surface area (Å²) in [6.07, 6.45) is 0. The largest absolute Gasteiger partial charge is 0.508 e. The molecule has 0 unspecified atom stereocenters. The van der Waals surface area contributed by atoms with Gasteiger partial charge in [0.05, 0.1) is 11.6 Å². The molecule has 18 heavy (non-hydrogen) atoms. The van der Waals surface area contributed by atoms with E-state index in [-0.39, 0.29) is 5.75 Å².